The molecule has 0 saturated carbocycles. The van der Waals surface area contributed by atoms with Gasteiger partial charge >= 0.3 is 5.97 Å². The van der Waals surface area contributed by atoms with Gasteiger partial charge in [-0.1, -0.05) is 48.5 Å². The van der Waals surface area contributed by atoms with Crippen LogP contribution in [0.15, 0.2) is 72.8 Å². The Balaban J connectivity index is 1.15. The lowest BCUT2D eigenvalue weighted by Gasteiger charge is -2.35. The summed E-state index contributed by atoms with van der Waals surface area (Å²) in [5.41, 5.74) is 5.16. The number of phenols is 1. The van der Waals surface area contributed by atoms with Crippen molar-refractivity contribution < 1.29 is 24.5 Å². The number of ether oxygens (including phenoxy) is 2. The SMILES string of the molecule is O=C(O)COCCN1CCN(CCOc2ccc(C3c4ccc(O)cc4CCC3c3ccccc3)cc2)CC1. The van der Waals surface area contributed by atoms with Gasteiger partial charge in [0.05, 0.1) is 6.61 Å². The summed E-state index contributed by atoms with van der Waals surface area (Å²) in [6.45, 7) is 6.35. The van der Waals surface area contributed by atoms with Crippen molar-refractivity contribution in [3.63, 3.8) is 0 Å². The standard InChI is InChI=1S/C32H38N2O5/c35-27-9-13-30-26(22-27)8-12-29(24-4-2-1-3-5-24)32(30)25-6-10-28(11-7-25)39-21-19-34-16-14-33(15-17-34)18-20-38-23-31(36)37/h1-7,9-11,13,22,29,32,35H,8,12,14-21,23H2,(H,36,37). The van der Waals surface area contributed by atoms with Gasteiger partial charge in [0.15, 0.2) is 0 Å². The van der Waals surface area contributed by atoms with Crippen molar-refractivity contribution in [2.45, 2.75) is 24.7 Å². The minimum absolute atomic E-state index is 0.232. The number of carbonyl (C=O) groups is 1. The van der Waals surface area contributed by atoms with Crippen LogP contribution in [0.2, 0.25) is 0 Å². The number of phenolic OH excluding ortho intramolecular Hbond substituents is 1. The van der Waals surface area contributed by atoms with E-state index in [1.807, 2.05) is 12.1 Å². The molecule has 0 aromatic heterocycles. The average Bonchev–Trinajstić information content (AvgIpc) is 2.96. The Hall–Kier alpha value is -3.39. The van der Waals surface area contributed by atoms with Crippen LogP contribution in [-0.2, 0) is 16.0 Å². The first-order chi connectivity index (χ1) is 19.1. The molecule has 206 valence electrons. The van der Waals surface area contributed by atoms with Crippen molar-refractivity contribution in [1.82, 2.24) is 9.80 Å². The lowest BCUT2D eigenvalue weighted by atomic mass is 9.69. The molecule has 0 amide bonds. The molecular formula is C32H38N2O5. The van der Waals surface area contributed by atoms with Crippen molar-refractivity contribution in [2.75, 3.05) is 59.1 Å². The van der Waals surface area contributed by atoms with Crippen LogP contribution < -0.4 is 4.74 Å². The molecule has 1 fully saturated rings. The molecule has 3 aromatic rings. The Morgan fingerprint density at radius 2 is 1.54 bits per heavy atom. The number of aryl methyl sites for hydroxylation is 1. The van der Waals surface area contributed by atoms with Gasteiger partial charge < -0.3 is 19.7 Å². The van der Waals surface area contributed by atoms with Gasteiger partial charge in [-0.25, -0.2) is 4.79 Å². The predicted molar refractivity (Wildman–Crippen MR) is 151 cm³/mol. The van der Waals surface area contributed by atoms with Crippen LogP contribution in [0.25, 0.3) is 0 Å². The fraction of sp³-hybridized carbons (Fsp3) is 0.406. The van der Waals surface area contributed by atoms with E-state index in [1.165, 1.54) is 22.3 Å². The van der Waals surface area contributed by atoms with E-state index in [-0.39, 0.29) is 12.5 Å². The largest absolute Gasteiger partial charge is 0.508 e. The lowest BCUT2D eigenvalue weighted by Crippen LogP contribution is -2.48. The molecule has 39 heavy (non-hydrogen) atoms. The summed E-state index contributed by atoms with van der Waals surface area (Å²) in [6, 6.07) is 25.2. The van der Waals surface area contributed by atoms with Crippen molar-refractivity contribution >= 4 is 5.97 Å². The van der Waals surface area contributed by atoms with E-state index in [0.29, 0.717) is 24.9 Å². The molecule has 2 N–H and O–H groups in total. The highest BCUT2D eigenvalue weighted by molar-refractivity contribution is 5.67. The number of aromatic hydroxyl groups is 1. The van der Waals surface area contributed by atoms with Gasteiger partial charge in [-0.05, 0) is 65.3 Å². The monoisotopic (exact) mass is 530 g/mol. The van der Waals surface area contributed by atoms with E-state index in [2.05, 4.69) is 70.5 Å². The maximum absolute atomic E-state index is 10.5. The normalized spacial score (nSPS) is 19.9. The van der Waals surface area contributed by atoms with Crippen LogP contribution in [0, 0.1) is 0 Å². The smallest absolute Gasteiger partial charge is 0.329 e. The van der Waals surface area contributed by atoms with Crippen molar-refractivity contribution in [2.24, 2.45) is 0 Å². The molecule has 7 heteroatoms. The maximum atomic E-state index is 10.5. The molecule has 1 aliphatic heterocycles. The van der Waals surface area contributed by atoms with Gasteiger partial charge in [0.2, 0.25) is 0 Å². The van der Waals surface area contributed by atoms with Crippen molar-refractivity contribution in [3.05, 3.63) is 95.1 Å². The van der Waals surface area contributed by atoms with E-state index in [9.17, 15) is 9.90 Å². The van der Waals surface area contributed by atoms with E-state index in [0.717, 1.165) is 57.9 Å². The Bertz CT molecular complexity index is 1210. The highest BCUT2D eigenvalue weighted by Gasteiger charge is 2.32. The first-order valence-corrected chi connectivity index (χ1v) is 13.9. The average molecular weight is 531 g/mol. The molecule has 3 aromatic carbocycles. The molecule has 2 aliphatic rings. The number of piperazine rings is 1. The summed E-state index contributed by atoms with van der Waals surface area (Å²) in [7, 11) is 0. The zero-order valence-corrected chi connectivity index (χ0v) is 22.4. The van der Waals surface area contributed by atoms with Gasteiger partial charge in [0.25, 0.3) is 0 Å². The Morgan fingerprint density at radius 3 is 2.23 bits per heavy atom. The highest BCUT2D eigenvalue weighted by Crippen LogP contribution is 2.47. The molecule has 1 heterocycles. The van der Waals surface area contributed by atoms with Crippen LogP contribution in [0.5, 0.6) is 11.5 Å². The summed E-state index contributed by atoms with van der Waals surface area (Å²) < 4.78 is 11.3. The highest BCUT2D eigenvalue weighted by atomic mass is 16.5. The third kappa shape index (κ3) is 7.18. The van der Waals surface area contributed by atoms with Crippen LogP contribution >= 0.6 is 0 Å². The minimum atomic E-state index is -0.925. The number of aliphatic carboxylic acids is 1. The zero-order chi connectivity index (χ0) is 27.0. The Labute approximate surface area is 230 Å². The molecule has 7 nitrogen and oxygen atoms in total. The zero-order valence-electron chi connectivity index (χ0n) is 22.4. The van der Waals surface area contributed by atoms with E-state index in [1.54, 1.807) is 0 Å². The molecule has 0 radical (unpaired) electrons. The molecule has 2 unspecified atom stereocenters. The fourth-order valence-corrected chi connectivity index (χ4v) is 5.93. The first kappa shape index (κ1) is 27.2. The second-order valence-corrected chi connectivity index (χ2v) is 10.5. The summed E-state index contributed by atoms with van der Waals surface area (Å²) in [5.74, 6) is 0.909. The van der Waals surface area contributed by atoms with Crippen LogP contribution in [0.4, 0.5) is 0 Å². The van der Waals surface area contributed by atoms with Crippen LogP contribution in [0.1, 0.15) is 40.5 Å². The van der Waals surface area contributed by atoms with E-state index in [4.69, 9.17) is 14.6 Å². The van der Waals surface area contributed by atoms with Crippen molar-refractivity contribution in [1.29, 1.82) is 0 Å². The predicted octanol–water partition coefficient (Wildman–Crippen LogP) is 4.35. The Kier molecular flexibility index (Phi) is 9.14. The molecular weight excluding hydrogens is 492 g/mol. The summed E-state index contributed by atoms with van der Waals surface area (Å²) in [5, 5.41) is 18.7. The van der Waals surface area contributed by atoms with E-state index >= 15 is 0 Å². The molecule has 1 saturated heterocycles. The van der Waals surface area contributed by atoms with E-state index < -0.39 is 5.97 Å². The summed E-state index contributed by atoms with van der Waals surface area (Å²) in [6.07, 6.45) is 2.01. The first-order valence-electron chi connectivity index (χ1n) is 13.9. The number of hydrogen-bond acceptors (Lipinski definition) is 6. The second kappa shape index (κ2) is 13.1. The number of benzene rings is 3. The van der Waals surface area contributed by atoms with Gasteiger partial charge in [-0.3, -0.25) is 9.80 Å². The third-order valence-corrected chi connectivity index (χ3v) is 7.97. The number of rotatable bonds is 11. The van der Waals surface area contributed by atoms with Gasteiger partial charge in [0.1, 0.15) is 24.7 Å². The second-order valence-electron chi connectivity index (χ2n) is 10.5. The molecule has 0 spiro atoms. The molecule has 5 rings (SSSR count). The number of carboxylic acid groups (broad SMARTS) is 1. The number of fused-ring (bicyclic) bond motifs is 1. The molecule has 1 aliphatic carbocycles. The van der Waals surface area contributed by atoms with Crippen molar-refractivity contribution in [3.8, 4) is 11.5 Å². The number of nitrogens with zero attached hydrogens (tertiary/aromatic N) is 2. The third-order valence-electron chi connectivity index (χ3n) is 7.97. The molecule has 0 bridgehead atoms. The van der Waals surface area contributed by atoms with Crippen LogP contribution in [0.3, 0.4) is 0 Å². The Morgan fingerprint density at radius 1 is 0.846 bits per heavy atom. The quantitative estimate of drug-likeness (QED) is 0.357. The minimum Gasteiger partial charge on any atom is -0.508 e. The fourth-order valence-electron chi connectivity index (χ4n) is 5.93. The maximum Gasteiger partial charge on any atom is 0.329 e. The van der Waals surface area contributed by atoms with Gasteiger partial charge in [-0.2, -0.15) is 0 Å². The van der Waals surface area contributed by atoms with Gasteiger partial charge in [-0.15, -0.1) is 0 Å². The number of carboxylic acids is 1. The summed E-state index contributed by atoms with van der Waals surface area (Å²) >= 11 is 0. The van der Waals surface area contributed by atoms with Gasteiger partial charge in [0, 0.05) is 45.2 Å². The summed E-state index contributed by atoms with van der Waals surface area (Å²) in [4.78, 5) is 15.3. The van der Waals surface area contributed by atoms with Crippen LogP contribution in [-0.4, -0.2) is 85.1 Å². The molecule has 2 atom stereocenters. The topological polar surface area (TPSA) is 82.5 Å². The lowest BCUT2D eigenvalue weighted by molar-refractivity contribution is -0.142. The number of hydrogen-bond donors (Lipinski definition) is 2.